The molecular weight excluding hydrogens is 299 g/mol. The van der Waals surface area contributed by atoms with Crippen molar-refractivity contribution in [2.24, 2.45) is 5.92 Å². The first kappa shape index (κ1) is 15.6. The van der Waals surface area contributed by atoms with E-state index in [0.717, 1.165) is 25.7 Å². The molecule has 122 valence electrons. The van der Waals surface area contributed by atoms with E-state index in [1.54, 1.807) is 12.1 Å². The van der Waals surface area contributed by atoms with Crippen LogP contribution in [0.4, 0.5) is 4.39 Å². The van der Waals surface area contributed by atoms with Crippen molar-refractivity contribution in [3.05, 3.63) is 42.0 Å². The molecule has 2 unspecified atom stereocenters. The molecule has 2 aromatic rings. The molecule has 0 saturated heterocycles. The Morgan fingerprint density at radius 1 is 1.30 bits per heavy atom. The lowest BCUT2D eigenvalue weighted by molar-refractivity contribution is 0.0867. The third-order valence-electron chi connectivity index (χ3n) is 4.24. The molecule has 0 bridgehead atoms. The number of nitrogens with one attached hydrogen (secondary N) is 1. The van der Waals surface area contributed by atoms with Crippen molar-refractivity contribution in [2.75, 3.05) is 6.61 Å². The number of aliphatic hydroxyl groups excluding tert-OH is 1. The van der Waals surface area contributed by atoms with Gasteiger partial charge in [-0.3, -0.25) is 4.79 Å². The topological polar surface area (TPSA) is 80.0 Å². The number of nitrogens with zero attached hydrogens (tertiary/aromatic N) is 3. The summed E-state index contributed by atoms with van der Waals surface area (Å²) >= 11 is 0. The average molecular weight is 318 g/mol. The Morgan fingerprint density at radius 2 is 2.04 bits per heavy atom. The highest BCUT2D eigenvalue weighted by Crippen LogP contribution is 2.24. The van der Waals surface area contributed by atoms with E-state index < -0.39 is 0 Å². The van der Waals surface area contributed by atoms with Crippen molar-refractivity contribution in [1.82, 2.24) is 20.3 Å². The molecule has 1 amide bonds. The Hall–Kier alpha value is -2.28. The number of hydrogen-bond donors (Lipinski definition) is 2. The fraction of sp³-hybridized carbons (Fsp3) is 0.438. The van der Waals surface area contributed by atoms with Crippen molar-refractivity contribution < 1.29 is 14.3 Å². The van der Waals surface area contributed by atoms with Gasteiger partial charge in [-0.15, -0.1) is 5.10 Å². The van der Waals surface area contributed by atoms with Crippen molar-refractivity contribution in [3.63, 3.8) is 0 Å². The van der Waals surface area contributed by atoms with Gasteiger partial charge in [0.1, 0.15) is 5.82 Å². The summed E-state index contributed by atoms with van der Waals surface area (Å²) in [6.45, 7) is 0.0766. The van der Waals surface area contributed by atoms with Crippen LogP contribution >= 0.6 is 0 Å². The first-order valence-corrected chi connectivity index (χ1v) is 7.77. The number of aromatic nitrogens is 3. The zero-order valence-electron chi connectivity index (χ0n) is 12.7. The van der Waals surface area contributed by atoms with Gasteiger partial charge >= 0.3 is 0 Å². The minimum absolute atomic E-state index is 0.0304. The normalized spacial score (nSPS) is 21.1. The van der Waals surface area contributed by atoms with Gasteiger partial charge in [0.05, 0.1) is 11.9 Å². The van der Waals surface area contributed by atoms with E-state index in [2.05, 4.69) is 15.5 Å². The molecule has 7 heteroatoms. The SMILES string of the molecule is O=C(NC1CCCCC1CO)c1cnn(-c2ccc(F)cc2)n1. The zero-order chi connectivity index (χ0) is 16.2. The summed E-state index contributed by atoms with van der Waals surface area (Å²) in [5, 5.41) is 20.5. The minimum Gasteiger partial charge on any atom is -0.396 e. The van der Waals surface area contributed by atoms with Gasteiger partial charge in [-0.1, -0.05) is 12.8 Å². The number of benzene rings is 1. The maximum atomic E-state index is 12.9. The van der Waals surface area contributed by atoms with E-state index in [1.807, 2.05) is 0 Å². The van der Waals surface area contributed by atoms with Gasteiger partial charge in [0.2, 0.25) is 0 Å². The summed E-state index contributed by atoms with van der Waals surface area (Å²) in [6.07, 6.45) is 5.30. The Bertz CT molecular complexity index is 671. The molecule has 6 nitrogen and oxygen atoms in total. The van der Waals surface area contributed by atoms with E-state index in [-0.39, 0.29) is 36.0 Å². The van der Waals surface area contributed by atoms with Crippen LogP contribution in [0.25, 0.3) is 5.69 Å². The monoisotopic (exact) mass is 318 g/mol. The molecule has 1 saturated carbocycles. The molecule has 1 aliphatic carbocycles. The van der Waals surface area contributed by atoms with Crippen LogP contribution in [-0.4, -0.2) is 38.7 Å². The number of amides is 1. The Balaban J connectivity index is 1.69. The Kier molecular flexibility index (Phi) is 4.66. The summed E-state index contributed by atoms with van der Waals surface area (Å²) in [5.74, 6) is -0.547. The fourth-order valence-corrected chi connectivity index (χ4v) is 2.92. The number of aliphatic hydroxyl groups is 1. The van der Waals surface area contributed by atoms with Crippen LogP contribution in [0.1, 0.15) is 36.2 Å². The van der Waals surface area contributed by atoms with E-state index in [0.29, 0.717) is 5.69 Å². The summed E-state index contributed by atoms with van der Waals surface area (Å²) in [6, 6.07) is 5.68. The number of halogens is 1. The molecule has 3 rings (SSSR count). The quantitative estimate of drug-likeness (QED) is 0.899. The predicted octanol–water partition coefficient (Wildman–Crippen LogP) is 1.69. The van der Waals surface area contributed by atoms with Gasteiger partial charge in [-0.2, -0.15) is 9.90 Å². The third kappa shape index (κ3) is 3.56. The van der Waals surface area contributed by atoms with Crippen LogP contribution < -0.4 is 5.32 Å². The highest BCUT2D eigenvalue weighted by molar-refractivity contribution is 5.92. The fourth-order valence-electron chi connectivity index (χ4n) is 2.92. The van der Waals surface area contributed by atoms with Gasteiger partial charge in [0.15, 0.2) is 5.69 Å². The maximum absolute atomic E-state index is 12.9. The Labute approximate surface area is 133 Å². The summed E-state index contributed by atoms with van der Waals surface area (Å²) in [7, 11) is 0. The zero-order valence-corrected chi connectivity index (χ0v) is 12.7. The number of hydrogen-bond acceptors (Lipinski definition) is 4. The van der Waals surface area contributed by atoms with Crippen LogP contribution in [0, 0.1) is 11.7 Å². The lowest BCUT2D eigenvalue weighted by Crippen LogP contribution is -2.43. The second-order valence-electron chi connectivity index (χ2n) is 5.80. The summed E-state index contributed by atoms with van der Waals surface area (Å²) < 4.78 is 12.9. The van der Waals surface area contributed by atoms with Crippen molar-refractivity contribution in [1.29, 1.82) is 0 Å². The van der Waals surface area contributed by atoms with Gasteiger partial charge in [-0.05, 0) is 37.1 Å². The lowest BCUT2D eigenvalue weighted by Gasteiger charge is -2.30. The van der Waals surface area contributed by atoms with E-state index in [4.69, 9.17) is 0 Å². The molecule has 1 aromatic heterocycles. The minimum atomic E-state index is -0.341. The van der Waals surface area contributed by atoms with Crippen LogP contribution in [0.5, 0.6) is 0 Å². The van der Waals surface area contributed by atoms with Gasteiger partial charge in [-0.25, -0.2) is 4.39 Å². The van der Waals surface area contributed by atoms with Crippen molar-refractivity contribution in [3.8, 4) is 5.69 Å². The molecule has 0 spiro atoms. The summed E-state index contributed by atoms with van der Waals surface area (Å²) in [4.78, 5) is 13.6. The highest BCUT2D eigenvalue weighted by Gasteiger charge is 2.26. The Morgan fingerprint density at radius 3 is 2.78 bits per heavy atom. The molecule has 1 fully saturated rings. The van der Waals surface area contributed by atoms with Gasteiger partial charge in [0.25, 0.3) is 5.91 Å². The standard InChI is InChI=1S/C16H19FN4O2/c17-12-5-7-13(8-6-12)21-18-9-15(20-21)16(23)19-14-4-2-1-3-11(14)10-22/h5-9,11,14,22H,1-4,10H2,(H,19,23). The molecule has 1 aromatic carbocycles. The lowest BCUT2D eigenvalue weighted by atomic mass is 9.85. The number of carbonyl (C=O) groups is 1. The van der Waals surface area contributed by atoms with Crippen LogP contribution in [0.2, 0.25) is 0 Å². The van der Waals surface area contributed by atoms with E-state index in [9.17, 15) is 14.3 Å². The summed E-state index contributed by atoms with van der Waals surface area (Å²) in [5.41, 5.74) is 0.785. The van der Waals surface area contributed by atoms with E-state index in [1.165, 1.54) is 23.1 Å². The smallest absolute Gasteiger partial charge is 0.273 e. The van der Waals surface area contributed by atoms with Gasteiger partial charge < -0.3 is 10.4 Å². The molecule has 2 N–H and O–H groups in total. The third-order valence-corrected chi connectivity index (χ3v) is 4.24. The van der Waals surface area contributed by atoms with Crippen molar-refractivity contribution >= 4 is 5.91 Å². The van der Waals surface area contributed by atoms with Crippen molar-refractivity contribution in [2.45, 2.75) is 31.7 Å². The first-order chi connectivity index (χ1) is 11.2. The first-order valence-electron chi connectivity index (χ1n) is 7.77. The molecule has 0 radical (unpaired) electrons. The molecule has 23 heavy (non-hydrogen) atoms. The van der Waals surface area contributed by atoms with Crippen LogP contribution in [0.3, 0.4) is 0 Å². The second kappa shape index (κ2) is 6.87. The average Bonchev–Trinajstić information content (AvgIpc) is 3.06. The molecule has 0 aliphatic heterocycles. The molecule has 1 heterocycles. The maximum Gasteiger partial charge on any atom is 0.273 e. The van der Waals surface area contributed by atoms with Gasteiger partial charge in [0, 0.05) is 18.6 Å². The number of carbonyl (C=O) groups excluding carboxylic acids is 1. The van der Waals surface area contributed by atoms with Crippen LogP contribution in [0.15, 0.2) is 30.5 Å². The van der Waals surface area contributed by atoms with E-state index >= 15 is 0 Å². The highest BCUT2D eigenvalue weighted by atomic mass is 19.1. The molecule has 1 aliphatic rings. The number of rotatable bonds is 4. The second-order valence-corrected chi connectivity index (χ2v) is 5.80. The van der Waals surface area contributed by atoms with Crippen LogP contribution in [-0.2, 0) is 0 Å². The predicted molar refractivity (Wildman–Crippen MR) is 81.6 cm³/mol. The molecular formula is C16H19FN4O2. The largest absolute Gasteiger partial charge is 0.396 e. The molecule has 2 atom stereocenters.